The number of aromatic nitrogens is 5. The zero-order valence-electron chi connectivity index (χ0n) is 11.8. The van der Waals surface area contributed by atoms with Gasteiger partial charge in [0.15, 0.2) is 0 Å². The van der Waals surface area contributed by atoms with Crippen LogP contribution in [-0.4, -0.2) is 36.3 Å². The molecule has 0 aromatic carbocycles. The molecule has 1 saturated carbocycles. The van der Waals surface area contributed by atoms with Gasteiger partial charge in [0, 0.05) is 11.1 Å². The second-order valence-corrected chi connectivity index (χ2v) is 7.59. The summed E-state index contributed by atoms with van der Waals surface area (Å²) in [6.07, 6.45) is 4.03. The summed E-state index contributed by atoms with van der Waals surface area (Å²) in [7, 11) is 0. The van der Waals surface area contributed by atoms with E-state index in [1.807, 2.05) is 18.5 Å². The van der Waals surface area contributed by atoms with E-state index in [1.54, 1.807) is 17.5 Å². The summed E-state index contributed by atoms with van der Waals surface area (Å²) in [6.45, 7) is 4.33. The molecule has 1 atom stereocenters. The maximum absolute atomic E-state index is 12.1. The zero-order valence-corrected chi connectivity index (χ0v) is 13.4. The maximum atomic E-state index is 12.1. The number of aryl methyl sites for hydroxylation is 1. The highest BCUT2D eigenvalue weighted by Crippen LogP contribution is 2.37. The molecule has 0 bridgehead atoms. The monoisotopic (exact) mass is 324 g/mol. The summed E-state index contributed by atoms with van der Waals surface area (Å²) >= 11 is 2.99. The second-order valence-electron chi connectivity index (χ2n) is 4.96. The van der Waals surface area contributed by atoms with Crippen LogP contribution >= 0.6 is 23.1 Å². The van der Waals surface area contributed by atoms with Crippen LogP contribution in [0.1, 0.15) is 35.7 Å². The van der Waals surface area contributed by atoms with Crippen LogP contribution in [0, 0.1) is 6.92 Å². The SMILES string of the molecule is Cc1ncc(CNC(=O)C(C)Sc2nnnn2C2CC2)s1. The van der Waals surface area contributed by atoms with Crippen molar-refractivity contribution in [1.82, 2.24) is 30.5 Å². The molecular weight excluding hydrogens is 308 g/mol. The minimum Gasteiger partial charge on any atom is -0.350 e. The van der Waals surface area contributed by atoms with Crippen molar-refractivity contribution < 1.29 is 4.79 Å². The Bertz CT molecular complexity index is 635. The molecule has 7 nitrogen and oxygen atoms in total. The fraction of sp³-hybridized carbons (Fsp3) is 0.583. The van der Waals surface area contributed by atoms with E-state index in [-0.39, 0.29) is 11.2 Å². The van der Waals surface area contributed by atoms with Crippen LogP contribution in [0.5, 0.6) is 0 Å². The Morgan fingerprint density at radius 1 is 1.62 bits per heavy atom. The molecule has 1 aliphatic rings. The molecule has 0 saturated heterocycles. The maximum Gasteiger partial charge on any atom is 0.233 e. The molecular formula is C12H16N6OS2. The van der Waals surface area contributed by atoms with Gasteiger partial charge in [-0.05, 0) is 37.1 Å². The summed E-state index contributed by atoms with van der Waals surface area (Å²) in [5.41, 5.74) is 0. The van der Waals surface area contributed by atoms with Gasteiger partial charge in [0.1, 0.15) is 0 Å². The first-order chi connectivity index (χ1) is 10.1. The van der Waals surface area contributed by atoms with Gasteiger partial charge in [0.05, 0.1) is 22.8 Å². The lowest BCUT2D eigenvalue weighted by molar-refractivity contribution is -0.120. The third kappa shape index (κ3) is 3.59. The Hall–Kier alpha value is -1.48. The minimum absolute atomic E-state index is 0.0172. The average molecular weight is 324 g/mol. The van der Waals surface area contributed by atoms with Crippen LogP contribution in [0.4, 0.5) is 0 Å². The molecule has 1 N–H and O–H groups in total. The predicted octanol–water partition coefficient (Wildman–Crippen LogP) is 1.57. The van der Waals surface area contributed by atoms with Crippen molar-refractivity contribution in [1.29, 1.82) is 0 Å². The van der Waals surface area contributed by atoms with Crippen LogP contribution in [0.2, 0.25) is 0 Å². The van der Waals surface area contributed by atoms with E-state index < -0.39 is 0 Å². The molecule has 2 aromatic rings. The molecule has 1 fully saturated rings. The van der Waals surface area contributed by atoms with Crippen molar-refractivity contribution in [2.45, 2.75) is 49.7 Å². The van der Waals surface area contributed by atoms with E-state index >= 15 is 0 Å². The Morgan fingerprint density at radius 2 is 2.43 bits per heavy atom. The van der Waals surface area contributed by atoms with Crippen molar-refractivity contribution >= 4 is 29.0 Å². The fourth-order valence-corrected chi connectivity index (χ4v) is 3.45. The van der Waals surface area contributed by atoms with E-state index in [0.717, 1.165) is 22.7 Å². The number of rotatable bonds is 6. The average Bonchev–Trinajstić information content (AvgIpc) is 3.07. The molecule has 3 rings (SSSR count). The molecule has 0 spiro atoms. The lowest BCUT2D eigenvalue weighted by Crippen LogP contribution is -2.30. The van der Waals surface area contributed by atoms with E-state index in [4.69, 9.17) is 0 Å². The fourth-order valence-electron chi connectivity index (χ4n) is 1.83. The molecule has 112 valence electrons. The first kappa shape index (κ1) is 14.5. The highest BCUT2D eigenvalue weighted by molar-refractivity contribution is 8.00. The normalized spacial score (nSPS) is 15.9. The summed E-state index contributed by atoms with van der Waals surface area (Å²) < 4.78 is 1.82. The Balaban J connectivity index is 1.53. The highest BCUT2D eigenvalue weighted by atomic mass is 32.2. The summed E-state index contributed by atoms with van der Waals surface area (Å²) in [6, 6.07) is 0.415. The van der Waals surface area contributed by atoms with E-state index in [9.17, 15) is 4.79 Å². The first-order valence-electron chi connectivity index (χ1n) is 6.77. The number of hydrogen-bond acceptors (Lipinski definition) is 7. The van der Waals surface area contributed by atoms with Gasteiger partial charge in [-0.1, -0.05) is 11.8 Å². The van der Waals surface area contributed by atoms with Gasteiger partial charge >= 0.3 is 0 Å². The number of nitrogens with zero attached hydrogens (tertiary/aromatic N) is 5. The quantitative estimate of drug-likeness (QED) is 0.812. The second kappa shape index (κ2) is 6.10. The third-order valence-corrected chi connectivity index (χ3v) is 5.07. The number of thioether (sulfide) groups is 1. The Labute approximate surface area is 130 Å². The summed E-state index contributed by atoms with van der Waals surface area (Å²) in [5, 5.41) is 16.1. The predicted molar refractivity (Wildman–Crippen MR) is 80.1 cm³/mol. The van der Waals surface area contributed by atoms with Crippen LogP contribution in [0.15, 0.2) is 11.4 Å². The van der Waals surface area contributed by atoms with Crippen LogP contribution in [0.25, 0.3) is 0 Å². The number of amides is 1. The smallest absolute Gasteiger partial charge is 0.233 e. The zero-order chi connectivity index (χ0) is 14.8. The summed E-state index contributed by atoms with van der Waals surface area (Å²) in [4.78, 5) is 17.3. The lowest BCUT2D eigenvalue weighted by Gasteiger charge is -2.10. The van der Waals surface area contributed by atoms with Gasteiger partial charge in [-0.2, -0.15) is 0 Å². The number of carbonyl (C=O) groups is 1. The van der Waals surface area contributed by atoms with Gasteiger partial charge in [-0.25, -0.2) is 9.67 Å². The van der Waals surface area contributed by atoms with Crippen LogP contribution in [0.3, 0.4) is 0 Å². The molecule has 1 unspecified atom stereocenters. The largest absolute Gasteiger partial charge is 0.350 e. The summed E-state index contributed by atoms with van der Waals surface area (Å²) in [5.74, 6) is -0.0172. The van der Waals surface area contributed by atoms with Gasteiger partial charge < -0.3 is 5.32 Å². The molecule has 0 aliphatic heterocycles. The number of nitrogens with one attached hydrogen (secondary N) is 1. The van der Waals surface area contributed by atoms with Gasteiger partial charge in [-0.15, -0.1) is 16.4 Å². The van der Waals surface area contributed by atoms with Crippen molar-refractivity contribution in [2.24, 2.45) is 0 Å². The Kier molecular flexibility index (Phi) is 4.20. The first-order valence-corrected chi connectivity index (χ1v) is 8.46. The molecule has 2 aromatic heterocycles. The van der Waals surface area contributed by atoms with Crippen molar-refractivity contribution in [3.8, 4) is 0 Å². The molecule has 0 radical (unpaired) electrons. The topological polar surface area (TPSA) is 85.6 Å². The molecule has 9 heteroatoms. The number of thiazole rings is 1. The van der Waals surface area contributed by atoms with Gasteiger partial charge in [0.2, 0.25) is 11.1 Å². The van der Waals surface area contributed by atoms with Gasteiger partial charge in [-0.3, -0.25) is 4.79 Å². The van der Waals surface area contributed by atoms with Gasteiger partial charge in [0.25, 0.3) is 0 Å². The molecule has 1 amide bonds. The molecule has 2 heterocycles. The van der Waals surface area contributed by atoms with Crippen molar-refractivity contribution in [3.05, 3.63) is 16.1 Å². The van der Waals surface area contributed by atoms with Crippen LogP contribution < -0.4 is 5.32 Å². The van der Waals surface area contributed by atoms with E-state index in [0.29, 0.717) is 17.7 Å². The Morgan fingerprint density at radius 3 is 3.10 bits per heavy atom. The standard InChI is InChI=1S/C12H16N6OS2/c1-7(11(19)14-6-10-5-13-8(2)21-10)20-12-15-16-17-18(12)9-3-4-9/h5,7,9H,3-4,6H2,1-2H3,(H,14,19). The third-order valence-electron chi connectivity index (χ3n) is 3.11. The van der Waals surface area contributed by atoms with Crippen LogP contribution in [-0.2, 0) is 11.3 Å². The lowest BCUT2D eigenvalue weighted by atomic mass is 10.4. The van der Waals surface area contributed by atoms with E-state index in [2.05, 4.69) is 25.8 Å². The number of carbonyl (C=O) groups excluding carboxylic acids is 1. The van der Waals surface area contributed by atoms with E-state index in [1.165, 1.54) is 11.8 Å². The number of tetrazole rings is 1. The van der Waals surface area contributed by atoms with Crippen molar-refractivity contribution in [2.75, 3.05) is 0 Å². The minimum atomic E-state index is -0.234. The molecule has 21 heavy (non-hydrogen) atoms. The van der Waals surface area contributed by atoms with Crippen molar-refractivity contribution in [3.63, 3.8) is 0 Å². The number of hydrogen-bond donors (Lipinski definition) is 1. The highest BCUT2D eigenvalue weighted by Gasteiger charge is 2.29. The molecule has 1 aliphatic carbocycles.